The van der Waals surface area contributed by atoms with Crippen LogP contribution in [0, 0.1) is 0 Å². The minimum absolute atomic E-state index is 0.217. The average molecular weight is 867 g/mol. The number of allylic oxidation sites excluding steroid dienone is 4. The zero-order valence-electron chi connectivity index (χ0n) is 39.2. The van der Waals surface area contributed by atoms with E-state index in [2.05, 4.69) is 38.2 Å². The summed E-state index contributed by atoms with van der Waals surface area (Å²) in [6.07, 6.45) is 40.4. The van der Waals surface area contributed by atoms with Crippen LogP contribution in [0.2, 0.25) is 0 Å². The number of hydrogen-bond donors (Lipinski definition) is 4. The van der Waals surface area contributed by atoms with E-state index in [-0.39, 0.29) is 32.0 Å². The Labute approximate surface area is 373 Å². The molecule has 1 heterocycles. The molecule has 0 aromatic carbocycles. The van der Waals surface area contributed by atoms with Gasteiger partial charge in [-0.25, -0.2) is 0 Å². The first-order valence-electron chi connectivity index (χ1n) is 25.4. The molecule has 61 heavy (non-hydrogen) atoms. The van der Waals surface area contributed by atoms with Crippen molar-refractivity contribution in [2.24, 2.45) is 0 Å². The molecular weight excluding hydrogens is 773 g/mol. The van der Waals surface area contributed by atoms with Crippen LogP contribution in [0.1, 0.15) is 232 Å². The van der Waals surface area contributed by atoms with Gasteiger partial charge in [-0.3, -0.25) is 9.59 Å². The van der Waals surface area contributed by atoms with Gasteiger partial charge in [0.15, 0.2) is 12.4 Å². The molecule has 4 N–H and O–H groups in total. The molecule has 358 valence electrons. The first-order chi connectivity index (χ1) is 29.8. The molecule has 1 aliphatic heterocycles. The van der Waals surface area contributed by atoms with Crippen molar-refractivity contribution in [1.29, 1.82) is 0 Å². The number of ether oxygens (including phenoxy) is 4. The van der Waals surface area contributed by atoms with Crippen molar-refractivity contribution in [1.82, 2.24) is 0 Å². The molecule has 6 atom stereocenters. The van der Waals surface area contributed by atoms with Gasteiger partial charge in [0.25, 0.3) is 0 Å². The van der Waals surface area contributed by atoms with Crippen molar-refractivity contribution in [3.8, 4) is 0 Å². The maximum absolute atomic E-state index is 12.8. The van der Waals surface area contributed by atoms with E-state index in [0.29, 0.717) is 6.42 Å². The fourth-order valence-electron chi connectivity index (χ4n) is 7.81. The minimum Gasteiger partial charge on any atom is -0.462 e. The van der Waals surface area contributed by atoms with Crippen molar-refractivity contribution in [3.63, 3.8) is 0 Å². The van der Waals surface area contributed by atoms with Gasteiger partial charge in [-0.05, 0) is 44.9 Å². The third-order valence-electron chi connectivity index (χ3n) is 11.8. The van der Waals surface area contributed by atoms with Crippen LogP contribution < -0.4 is 0 Å². The standard InChI is InChI=1S/C51H94O10/c1-3-5-7-9-11-13-15-17-19-20-21-22-23-24-26-27-29-31-33-35-37-39-46(53)58-42-44(43-59-51-50(57)49(56)48(55)45(41-52)61-51)60-47(54)40-38-36-34-32-30-28-25-18-16-14-12-10-8-6-4-2/h12,14,18,25,44-45,48-52,55-57H,3-11,13,15-17,19-24,26-43H2,1-2H3/b14-12+,25-18+/t44-,45-,48+,49?,50?,51-/m0/s1. The zero-order chi connectivity index (χ0) is 44.4. The summed E-state index contributed by atoms with van der Waals surface area (Å²) in [7, 11) is 0. The van der Waals surface area contributed by atoms with E-state index in [1.165, 1.54) is 141 Å². The Hall–Kier alpha value is -1.82. The summed E-state index contributed by atoms with van der Waals surface area (Å²) in [5.41, 5.74) is 0. The summed E-state index contributed by atoms with van der Waals surface area (Å²) >= 11 is 0. The highest BCUT2D eigenvalue weighted by Gasteiger charge is 2.44. The number of aliphatic hydroxyl groups excluding tert-OH is 4. The third-order valence-corrected chi connectivity index (χ3v) is 11.8. The Morgan fingerprint density at radius 3 is 1.39 bits per heavy atom. The largest absolute Gasteiger partial charge is 0.462 e. The van der Waals surface area contributed by atoms with Gasteiger partial charge in [-0.1, -0.05) is 199 Å². The second kappa shape index (κ2) is 42.1. The highest BCUT2D eigenvalue weighted by molar-refractivity contribution is 5.70. The van der Waals surface area contributed by atoms with Crippen molar-refractivity contribution < 1.29 is 49.0 Å². The summed E-state index contributed by atoms with van der Waals surface area (Å²) in [5.74, 6) is -0.811. The summed E-state index contributed by atoms with van der Waals surface area (Å²) in [6, 6.07) is 0. The molecule has 0 spiro atoms. The maximum Gasteiger partial charge on any atom is 0.306 e. The van der Waals surface area contributed by atoms with E-state index in [4.69, 9.17) is 18.9 Å². The van der Waals surface area contributed by atoms with Gasteiger partial charge in [0.05, 0.1) is 13.2 Å². The molecule has 0 aromatic heterocycles. The molecule has 1 fully saturated rings. The second-order valence-electron chi connectivity index (χ2n) is 17.6. The molecule has 10 nitrogen and oxygen atoms in total. The van der Waals surface area contributed by atoms with Crippen LogP contribution in [0.4, 0.5) is 0 Å². The van der Waals surface area contributed by atoms with E-state index < -0.39 is 49.4 Å². The van der Waals surface area contributed by atoms with Gasteiger partial charge in [0, 0.05) is 12.8 Å². The van der Waals surface area contributed by atoms with Crippen LogP contribution in [0.15, 0.2) is 24.3 Å². The summed E-state index contributed by atoms with van der Waals surface area (Å²) in [5, 5.41) is 40.2. The summed E-state index contributed by atoms with van der Waals surface area (Å²) in [4.78, 5) is 25.4. The average Bonchev–Trinajstić information content (AvgIpc) is 3.26. The first-order valence-corrected chi connectivity index (χ1v) is 25.4. The van der Waals surface area contributed by atoms with Gasteiger partial charge in [-0.2, -0.15) is 0 Å². The molecule has 1 rings (SSSR count). The zero-order valence-corrected chi connectivity index (χ0v) is 39.2. The lowest BCUT2D eigenvalue weighted by Gasteiger charge is -2.39. The monoisotopic (exact) mass is 867 g/mol. The van der Waals surface area contributed by atoms with Crippen molar-refractivity contribution in [2.75, 3.05) is 19.8 Å². The number of carbonyl (C=O) groups is 2. The Morgan fingerprint density at radius 1 is 0.508 bits per heavy atom. The lowest BCUT2D eigenvalue weighted by atomic mass is 9.99. The lowest BCUT2D eigenvalue weighted by Crippen LogP contribution is -2.59. The van der Waals surface area contributed by atoms with E-state index in [1.54, 1.807) is 0 Å². The Balaban J connectivity index is 2.24. The van der Waals surface area contributed by atoms with Crippen LogP contribution in [0.3, 0.4) is 0 Å². The van der Waals surface area contributed by atoms with Crippen molar-refractivity contribution in [3.05, 3.63) is 24.3 Å². The molecule has 0 bridgehead atoms. The molecule has 0 saturated carbocycles. The number of rotatable bonds is 43. The topological polar surface area (TPSA) is 152 Å². The molecule has 0 aliphatic carbocycles. The fourth-order valence-corrected chi connectivity index (χ4v) is 7.81. The molecule has 0 amide bonds. The van der Waals surface area contributed by atoms with E-state index >= 15 is 0 Å². The molecule has 1 saturated heterocycles. The van der Waals surface area contributed by atoms with E-state index in [0.717, 1.165) is 57.8 Å². The van der Waals surface area contributed by atoms with Crippen molar-refractivity contribution in [2.45, 2.75) is 269 Å². The number of hydrogen-bond acceptors (Lipinski definition) is 10. The Morgan fingerprint density at radius 2 is 0.918 bits per heavy atom. The third kappa shape index (κ3) is 33.4. The molecule has 0 radical (unpaired) electrons. The van der Waals surface area contributed by atoms with E-state index in [1.807, 2.05) is 0 Å². The normalized spacial score (nSPS) is 19.9. The van der Waals surface area contributed by atoms with Crippen LogP contribution >= 0.6 is 0 Å². The number of unbranched alkanes of at least 4 members (excludes halogenated alkanes) is 28. The lowest BCUT2D eigenvalue weighted by molar-refractivity contribution is -0.305. The Bertz CT molecular complexity index is 1050. The van der Waals surface area contributed by atoms with Gasteiger partial charge in [-0.15, -0.1) is 0 Å². The number of esters is 2. The van der Waals surface area contributed by atoms with Gasteiger partial charge in [0.2, 0.25) is 0 Å². The van der Waals surface area contributed by atoms with Crippen LogP contribution in [0.25, 0.3) is 0 Å². The van der Waals surface area contributed by atoms with E-state index in [9.17, 15) is 30.0 Å². The number of aliphatic hydroxyl groups is 4. The van der Waals surface area contributed by atoms with Gasteiger partial charge >= 0.3 is 11.9 Å². The first kappa shape index (κ1) is 57.2. The Kier molecular flexibility index (Phi) is 39.5. The quantitative estimate of drug-likeness (QED) is 0.0265. The molecule has 2 unspecified atom stereocenters. The predicted molar refractivity (Wildman–Crippen MR) is 247 cm³/mol. The second-order valence-corrected chi connectivity index (χ2v) is 17.6. The number of carbonyl (C=O) groups excluding carboxylic acids is 2. The molecule has 0 aromatic rings. The van der Waals surface area contributed by atoms with Crippen molar-refractivity contribution >= 4 is 11.9 Å². The predicted octanol–water partition coefficient (Wildman–Crippen LogP) is 11.7. The van der Waals surface area contributed by atoms with Crippen LogP contribution in [0.5, 0.6) is 0 Å². The maximum atomic E-state index is 12.8. The molecular formula is C51H94O10. The summed E-state index contributed by atoms with van der Waals surface area (Å²) in [6.45, 7) is 3.42. The SMILES string of the molecule is CCCCC/C=C/C/C=C/CCCCCCCC(=O)O[C@@H](COC(=O)CCCCCCCCCCCCCCCCCCCCCCC)CO[C@H]1O[C@@H](CO)[C@@H](O)C(O)C1O. The molecule has 1 aliphatic rings. The highest BCUT2D eigenvalue weighted by atomic mass is 16.7. The highest BCUT2D eigenvalue weighted by Crippen LogP contribution is 2.23. The van der Waals surface area contributed by atoms with Gasteiger partial charge in [0.1, 0.15) is 31.0 Å². The van der Waals surface area contributed by atoms with Gasteiger partial charge < -0.3 is 39.4 Å². The minimum atomic E-state index is -1.60. The van der Waals surface area contributed by atoms with Crippen LogP contribution in [-0.2, 0) is 28.5 Å². The molecule has 10 heteroatoms. The summed E-state index contributed by atoms with van der Waals surface area (Å²) < 4.78 is 22.2. The fraction of sp³-hybridized carbons (Fsp3) is 0.882. The van der Waals surface area contributed by atoms with Crippen LogP contribution in [-0.4, -0.2) is 89.0 Å². The smallest absolute Gasteiger partial charge is 0.306 e.